The van der Waals surface area contributed by atoms with E-state index in [2.05, 4.69) is 275 Å². The molecule has 0 spiro atoms. The molecule has 4 heteroatoms. The maximum Gasteiger partial charge on any atom is 0.145 e. The molecule has 2 aromatic heterocycles. The Bertz CT molecular complexity index is 3920. The highest BCUT2D eigenvalue weighted by Crippen LogP contribution is 2.64. The van der Waals surface area contributed by atoms with Crippen LogP contribution in [-0.4, -0.2) is 0 Å². The van der Waals surface area contributed by atoms with Crippen LogP contribution in [0, 0.1) is 0 Å². The fourth-order valence-electron chi connectivity index (χ4n) is 11.6. The Morgan fingerprint density at radius 3 is 1.17 bits per heavy atom. The maximum absolute atomic E-state index is 7.43. The molecule has 0 N–H and O–H groups in total. The molecule has 10 aromatic carbocycles. The van der Waals surface area contributed by atoms with Crippen molar-refractivity contribution < 1.29 is 8.83 Å². The first-order chi connectivity index (χ1) is 35.2. The molecule has 72 heavy (non-hydrogen) atoms. The van der Waals surface area contributed by atoms with E-state index in [-0.39, 0.29) is 5.41 Å². The lowest BCUT2D eigenvalue weighted by Gasteiger charge is -2.36. The third kappa shape index (κ3) is 6.66. The van der Waals surface area contributed by atoms with Gasteiger partial charge in [0, 0.05) is 44.6 Å². The van der Waals surface area contributed by atoms with E-state index in [0.29, 0.717) is 5.92 Å². The second-order valence-corrected chi connectivity index (χ2v) is 20.6. The lowest BCUT2D eigenvalue weighted by Crippen LogP contribution is -2.29. The lowest BCUT2D eigenvalue weighted by molar-refractivity contribution is 0.590. The molecule has 0 aliphatic heterocycles. The molecule has 0 atom stereocenters. The van der Waals surface area contributed by atoms with Crippen molar-refractivity contribution in [3.05, 3.63) is 264 Å². The fraction of sp³-hybridized carbons (Fsp3) is 0.118. The number of hydrogen-bond donors (Lipinski definition) is 0. The molecule has 348 valence electrons. The molecule has 4 nitrogen and oxygen atoms in total. The largest absolute Gasteiger partial charge is 0.455 e. The highest BCUT2D eigenvalue weighted by molar-refractivity contribution is 6.25. The van der Waals surface area contributed by atoms with Crippen molar-refractivity contribution in [2.45, 2.75) is 51.4 Å². The van der Waals surface area contributed by atoms with Gasteiger partial charge in [-0.2, -0.15) is 0 Å². The second-order valence-electron chi connectivity index (χ2n) is 20.6. The Balaban J connectivity index is 1.23. The minimum Gasteiger partial charge on any atom is -0.455 e. The molecule has 0 saturated carbocycles. The SMILES string of the molecule is CC(C)c1ccc(N(c2ccccc2)c2cc3c(c4oc5ccccc5c24)-c2c(cc(N(c4ccccc4)c4ccc(C(C)(C)C)cc4)c4c2oc2ccccc24)C3(c2ccccc2)c2ccccc2)cc1. The molecule has 0 bridgehead atoms. The Morgan fingerprint density at radius 1 is 0.403 bits per heavy atom. The molecule has 1 aliphatic rings. The number of furan rings is 2. The number of para-hydroxylation sites is 4. The van der Waals surface area contributed by atoms with Gasteiger partial charge in [0.2, 0.25) is 0 Å². The summed E-state index contributed by atoms with van der Waals surface area (Å²) in [6, 6.07) is 84.0. The Labute approximate surface area is 421 Å². The zero-order chi connectivity index (χ0) is 48.7. The van der Waals surface area contributed by atoms with E-state index in [0.717, 1.165) is 111 Å². The van der Waals surface area contributed by atoms with Gasteiger partial charge in [0.1, 0.15) is 22.3 Å². The van der Waals surface area contributed by atoms with Gasteiger partial charge in [-0.3, -0.25) is 0 Å². The van der Waals surface area contributed by atoms with Gasteiger partial charge in [-0.25, -0.2) is 0 Å². The van der Waals surface area contributed by atoms with Crippen LogP contribution in [0.3, 0.4) is 0 Å². The van der Waals surface area contributed by atoms with Crippen molar-refractivity contribution in [3.8, 4) is 11.1 Å². The minimum atomic E-state index is -0.862. The molecule has 13 rings (SSSR count). The zero-order valence-corrected chi connectivity index (χ0v) is 41.2. The van der Waals surface area contributed by atoms with Crippen LogP contribution in [0.2, 0.25) is 0 Å². The Hall–Kier alpha value is -8.60. The topological polar surface area (TPSA) is 32.8 Å². The van der Waals surface area contributed by atoms with Crippen molar-refractivity contribution in [1.29, 1.82) is 0 Å². The number of fused-ring (bicyclic) bond motifs is 11. The van der Waals surface area contributed by atoms with Gasteiger partial charge in [-0.15, -0.1) is 0 Å². The zero-order valence-electron chi connectivity index (χ0n) is 41.2. The van der Waals surface area contributed by atoms with Crippen molar-refractivity contribution >= 4 is 78.0 Å². The van der Waals surface area contributed by atoms with Gasteiger partial charge >= 0.3 is 0 Å². The highest BCUT2D eigenvalue weighted by Gasteiger charge is 2.50. The monoisotopic (exact) mass is 930 g/mol. The maximum atomic E-state index is 7.43. The van der Waals surface area contributed by atoms with E-state index in [1.807, 2.05) is 0 Å². The number of nitrogens with zero attached hydrogens (tertiary/aromatic N) is 2. The summed E-state index contributed by atoms with van der Waals surface area (Å²) in [5.74, 6) is 0.394. The van der Waals surface area contributed by atoms with Gasteiger partial charge in [-0.05, 0) is 118 Å². The van der Waals surface area contributed by atoms with E-state index in [1.54, 1.807) is 0 Å². The summed E-state index contributed by atoms with van der Waals surface area (Å²) >= 11 is 0. The molecule has 1 aliphatic carbocycles. The van der Waals surface area contributed by atoms with E-state index in [1.165, 1.54) is 11.1 Å². The molecule has 0 unspecified atom stereocenters. The van der Waals surface area contributed by atoms with Crippen molar-refractivity contribution in [2.24, 2.45) is 0 Å². The van der Waals surface area contributed by atoms with E-state index in [9.17, 15) is 0 Å². The molecule has 0 fully saturated rings. The fourth-order valence-corrected chi connectivity index (χ4v) is 11.6. The highest BCUT2D eigenvalue weighted by atomic mass is 16.3. The summed E-state index contributed by atoms with van der Waals surface area (Å²) in [5.41, 5.74) is 17.9. The Morgan fingerprint density at radius 2 is 0.764 bits per heavy atom. The molecular weight excluding hydrogens is 877 g/mol. The average Bonchev–Trinajstić information content (AvgIpc) is 4.09. The van der Waals surface area contributed by atoms with Crippen LogP contribution in [0.15, 0.2) is 239 Å². The summed E-state index contributed by atoms with van der Waals surface area (Å²) in [6.07, 6.45) is 0. The second kappa shape index (κ2) is 16.8. The standard InChI is InChI=1S/C68H54N2O2/c1-44(2)45-34-38-51(39-35-45)69(49-26-14-8-15-27-49)57-42-55-63(65-61(57)53-30-18-20-32-59(53)71-65)64-56(68(55,47-22-10-6-11-23-47)48-24-12-7-13-25-48)43-58(62-54-31-19-21-33-60(54)72-66(62)64)70(50-28-16-9-17-29-50)52-40-36-46(37-41-52)67(3,4)5/h6-44H,1-5H3. The summed E-state index contributed by atoms with van der Waals surface area (Å²) in [5, 5.41) is 4.19. The molecular formula is C68H54N2O2. The first-order valence-electron chi connectivity index (χ1n) is 25.2. The third-order valence-electron chi connectivity index (χ3n) is 15.0. The van der Waals surface area contributed by atoms with E-state index in [4.69, 9.17) is 8.83 Å². The normalized spacial score (nSPS) is 13.0. The smallest absolute Gasteiger partial charge is 0.145 e. The number of anilines is 6. The molecule has 12 aromatic rings. The van der Waals surface area contributed by atoms with Crippen LogP contribution in [0.25, 0.3) is 55.0 Å². The van der Waals surface area contributed by atoms with Gasteiger partial charge in [0.25, 0.3) is 0 Å². The Kier molecular flexibility index (Phi) is 10.1. The predicted octanol–water partition coefficient (Wildman–Crippen LogP) is 19.2. The number of benzene rings is 10. The van der Waals surface area contributed by atoms with Gasteiger partial charge in [0.15, 0.2) is 0 Å². The third-order valence-corrected chi connectivity index (χ3v) is 15.0. The van der Waals surface area contributed by atoms with E-state index < -0.39 is 5.41 Å². The predicted molar refractivity (Wildman–Crippen MR) is 300 cm³/mol. The summed E-state index contributed by atoms with van der Waals surface area (Å²) in [4.78, 5) is 4.86. The van der Waals surface area contributed by atoms with E-state index >= 15 is 0 Å². The molecule has 0 amide bonds. The van der Waals surface area contributed by atoms with Gasteiger partial charge < -0.3 is 18.6 Å². The van der Waals surface area contributed by atoms with Crippen LogP contribution >= 0.6 is 0 Å². The summed E-state index contributed by atoms with van der Waals surface area (Å²) in [6.45, 7) is 11.3. The van der Waals surface area contributed by atoms with Gasteiger partial charge in [-0.1, -0.05) is 192 Å². The minimum absolute atomic E-state index is 0.0110. The first-order valence-corrected chi connectivity index (χ1v) is 25.2. The van der Waals surface area contributed by atoms with Crippen LogP contribution in [-0.2, 0) is 10.8 Å². The summed E-state index contributed by atoms with van der Waals surface area (Å²) in [7, 11) is 0. The van der Waals surface area contributed by atoms with Crippen LogP contribution in [0.1, 0.15) is 73.9 Å². The average molecular weight is 931 g/mol. The van der Waals surface area contributed by atoms with Gasteiger partial charge in [0.05, 0.1) is 27.6 Å². The van der Waals surface area contributed by atoms with Crippen LogP contribution in [0.4, 0.5) is 34.1 Å². The lowest BCUT2D eigenvalue weighted by atomic mass is 9.67. The number of rotatable bonds is 9. The van der Waals surface area contributed by atoms with Crippen LogP contribution in [0.5, 0.6) is 0 Å². The van der Waals surface area contributed by atoms with Crippen molar-refractivity contribution in [2.75, 3.05) is 9.80 Å². The molecule has 0 saturated heterocycles. The molecule has 0 radical (unpaired) electrons. The van der Waals surface area contributed by atoms with Crippen molar-refractivity contribution in [1.82, 2.24) is 0 Å². The summed E-state index contributed by atoms with van der Waals surface area (Å²) < 4.78 is 14.9. The number of hydrogen-bond acceptors (Lipinski definition) is 4. The quantitative estimate of drug-likeness (QED) is 0.144. The van der Waals surface area contributed by atoms with Crippen LogP contribution < -0.4 is 9.80 Å². The molecule has 2 heterocycles. The first kappa shape index (κ1) is 43.4. The van der Waals surface area contributed by atoms with Crippen molar-refractivity contribution in [3.63, 3.8) is 0 Å².